The van der Waals surface area contributed by atoms with E-state index in [0.717, 1.165) is 4.57 Å². The van der Waals surface area contributed by atoms with E-state index in [1.165, 1.54) is 23.9 Å². The van der Waals surface area contributed by atoms with Crippen molar-refractivity contribution in [2.24, 2.45) is 7.05 Å². The van der Waals surface area contributed by atoms with Gasteiger partial charge in [0.15, 0.2) is 0 Å². The van der Waals surface area contributed by atoms with Crippen molar-refractivity contribution < 1.29 is 13.6 Å². The average Bonchev–Trinajstić information content (AvgIpc) is 2.86. The van der Waals surface area contributed by atoms with Gasteiger partial charge in [0.25, 0.3) is 11.1 Å². The second-order valence-corrected chi connectivity index (χ2v) is 9.95. The van der Waals surface area contributed by atoms with Gasteiger partial charge in [-0.15, -0.1) is 0 Å². The fraction of sp³-hybridized carbons (Fsp3) is 0.231. The van der Waals surface area contributed by atoms with Crippen molar-refractivity contribution in [1.82, 2.24) is 14.3 Å². The Morgan fingerprint density at radius 3 is 2.49 bits per heavy atom. The normalized spacial score (nSPS) is 11.2. The number of aryl methyl sites for hydroxylation is 1. The van der Waals surface area contributed by atoms with Crippen molar-refractivity contribution in [3.05, 3.63) is 78.4 Å². The van der Waals surface area contributed by atoms with Gasteiger partial charge >= 0.3 is 0 Å². The molecule has 0 fully saturated rings. The number of carbonyl (C=O) groups excluding carboxylic acids is 1. The number of anilines is 3. The Kier molecular flexibility index (Phi) is 7.44. The van der Waals surface area contributed by atoms with Crippen LogP contribution in [0.15, 0.2) is 52.1 Å². The zero-order valence-corrected chi connectivity index (χ0v) is 22.7. The number of halogens is 3. The minimum Gasteiger partial charge on any atom is -0.350 e. The number of amides is 1. The number of aromatic nitrogens is 3. The van der Waals surface area contributed by atoms with Gasteiger partial charge in [0.2, 0.25) is 11.7 Å². The summed E-state index contributed by atoms with van der Waals surface area (Å²) in [6.07, 6.45) is 0.279. The maximum absolute atomic E-state index is 15.4. The number of pyridine rings is 1. The van der Waals surface area contributed by atoms with Gasteiger partial charge in [0.1, 0.15) is 11.5 Å². The summed E-state index contributed by atoms with van der Waals surface area (Å²) in [5, 5.41) is 9.79. The van der Waals surface area contributed by atoms with Gasteiger partial charge in [-0.3, -0.25) is 14.4 Å². The van der Waals surface area contributed by atoms with Crippen LogP contribution in [0, 0.1) is 15.2 Å². The van der Waals surface area contributed by atoms with Crippen molar-refractivity contribution in [2.45, 2.75) is 33.2 Å². The van der Waals surface area contributed by atoms with Gasteiger partial charge < -0.3 is 15.2 Å². The Morgan fingerprint density at radius 2 is 1.84 bits per heavy atom. The van der Waals surface area contributed by atoms with Gasteiger partial charge in [0, 0.05) is 28.3 Å². The molecule has 0 aliphatic rings. The Morgan fingerprint density at radius 1 is 1.11 bits per heavy atom. The first-order valence-electron chi connectivity index (χ1n) is 11.5. The van der Waals surface area contributed by atoms with Gasteiger partial charge in [-0.2, -0.15) is 9.49 Å². The second-order valence-electron chi connectivity index (χ2n) is 8.70. The molecule has 0 bridgehead atoms. The molecule has 2 aromatic heterocycles. The summed E-state index contributed by atoms with van der Waals surface area (Å²) in [5.41, 5.74) is -0.909. The molecule has 0 spiro atoms. The van der Waals surface area contributed by atoms with Gasteiger partial charge in [-0.25, -0.2) is 9.07 Å². The highest BCUT2D eigenvalue weighted by molar-refractivity contribution is 14.1. The van der Waals surface area contributed by atoms with E-state index in [1.54, 1.807) is 51.1 Å². The van der Waals surface area contributed by atoms with Crippen LogP contribution in [-0.2, 0) is 11.8 Å². The minimum absolute atomic E-state index is 0.0701. The average molecular weight is 619 g/mol. The number of carbonyl (C=O) groups is 1. The molecule has 8 nitrogen and oxygen atoms in total. The molecule has 192 valence electrons. The predicted octanol–water partition coefficient (Wildman–Crippen LogP) is 5.32. The molecular formula is C26H24F2IN5O3. The van der Waals surface area contributed by atoms with E-state index in [4.69, 9.17) is 0 Å². The number of fused-ring (bicyclic) bond motifs is 1. The summed E-state index contributed by atoms with van der Waals surface area (Å²) in [5.74, 6) is -2.08. The predicted molar refractivity (Wildman–Crippen MR) is 148 cm³/mol. The first kappa shape index (κ1) is 26.5. The van der Waals surface area contributed by atoms with E-state index >= 15 is 4.39 Å². The van der Waals surface area contributed by atoms with Crippen LogP contribution in [0.1, 0.15) is 33.2 Å². The first-order chi connectivity index (χ1) is 17.5. The highest BCUT2D eigenvalue weighted by atomic mass is 127. The van der Waals surface area contributed by atoms with Crippen LogP contribution in [0.5, 0.6) is 0 Å². The third-order valence-electron chi connectivity index (χ3n) is 5.81. The monoisotopic (exact) mass is 619 g/mol. The van der Waals surface area contributed by atoms with Gasteiger partial charge in [-0.05, 0) is 66.8 Å². The topological polar surface area (TPSA) is 98.0 Å². The maximum atomic E-state index is 15.4. The fourth-order valence-corrected chi connectivity index (χ4v) is 4.39. The molecule has 11 heteroatoms. The summed E-state index contributed by atoms with van der Waals surface area (Å²) in [6.45, 7) is 5.21. The van der Waals surface area contributed by atoms with E-state index in [0.29, 0.717) is 14.8 Å². The summed E-state index contributed by atoms with van der Waals surface area (Å²) < 4.78 is 33.0. The van der Waals surface area contributed by atoms with E-state index in [2.05, 4.69) is 15.7 Å². The Balaban J connectivity index is 2.09. The molecule has 2 N–H and O–H groups in total. The molecule has 2 heterocycles. The molecule has 4 aromatic rings. The van der Waals surface area contributed by atoms with Crippen molar-refractivity contribution >= 4 is 56.5 Å². The Labute approximate surface area is 224 Å². The lowest BCUT2D eigenvalue weighted by Crippen LogP contribution is -2.31. The van der Waals surface area contributed by atoms with Crippen molar-refractivity contribution in [3.63, 3.8) is 0 Å². The largest absolute Gasteiger partial charge is 0.350 e. The smallest absolute Gasteiger partial charge is 0.289 e. The number of benzene rings is 2. The first-order valence-corrected chi connectivity index (χ1v) is 12.6. The molecular weight excluding hydrogens is 595 g/mol. The molecule has 0 radical (unpaired) electrons. The summed E-state index contributed by atoms with van der Waals surface area (Å²) in [6, 6.07) is 10.6. The molecule has 0 aliphatic heterocycles. The highest BCUT2D eigenvalue weighted by Gasteiger charge is 2.25. The van der Waals surface area contributed by atoms with Gasteiger partial charge in [-0.1, -0.05) is 19.1 Å². The van der Waals surface area contributed by atoms with E-state index in [-0.39, 0.29) is 34.6 Å². The molecule has 0 saturated heterocycles. The van der Waals surface area contributed by atoms with Crippen molar-refractivity contribution in [2.75, 3.05) is 10.6 Å². The van der Waals surface area contributed by atoms with Crippen LogP contribution in [0.2, 0.25) is 0 Å². The zero-order chi connectivity index (χ0) is 27.0. The van der Waals surface area contributed by atoms with Crippen LogP contribution < -0.4 is 21.8 Å². The lowest BCUT2D eigenvalue weighted by Gasteiger charge is -2.19. The van der Waals surface area contributed by atoms with E-state index in [1.807, 2.05) is 22.6 Å². The van der Waals surface area contributed by atoms with E-state index < -0.39 is 34.5 Å². The zero-order valence-electron chi connectivity index (χ0n) is 20.5. The molecule has 0 unspecified atom stereocenters. The fourth-order valence-electron chi connectivity index (χ4n) is 3.93. The van der Waals surface area contributed by atoms with Crippen LogP contribution in [-0.4, -0.2) is 20.3 Å². The number of nitrogens with zero attached hydrogens (tertiary/aromatic N) is 3. The summed E-state index contributed by atoms with van der Waals surface area (Å²) in [7, 11) is 1.34. The standard InChI is InChI=1S/C26H24F2IN5O3/c1-5-19(35)30-16-8-6-7-14(11-16)22-24-20(25(36)34(32-22)13(2)3)23(21(28)26(37)33(24)4)31-18-10-9-15(29)12-17(18)27/h6-13,31H,5H2,1-4H3,(H,30,35). The third kappa shape index (κ3) is 4.99. The molecule has 1 amide bonds. The van der Waals surface area contributed by atoms with Crippen LogP contribution in [0.25, 0.3) is 22.2 Å². The molecule has 0 saturated carbocycles. The number of hydrogen-bond acceptors (Lipinski definition) is 5. The van der Waals surface area contributed by atoms with Crippen LogP contribution >= 0.6 is 22.6 Å². The Bertz CT molecular complexity index is 1660. The molecule has 2 aromatic carbocycles. The molecule has 0 aliphatic carbocycles. The lowest BCUT2D eigenvalue weighted by molar-refractivity contribution is -0.115. The summed E-state index contributed by atoms with van der Waals surface area (Å²) in [4.78, 5) is 38.5. The second kappa shape index (κ2) is 10.4. The third-order valence-corrected chi connectivity index (χ3v) is 6.48. The lowest BCUT2D eigenvalue weighted by atomic mass is 10.1. The minimum atomic E-state index is -1.22. The SMILES string of the molecule is CCC(=O)Nc1cccc(-c2nn(C(C)C)c(=O)c3c(Nc4ccc(I)cc4F)c(F)c(=O)n(C)c23)c1. The number of rotatable bonds is 6. The molecule has 0 atom stereocenters. The van der Waals surface area contributed by atoms with Crippen molar-refractivity contribution in [3.8, 4) is 11.3 Å². The van der Waals surface area contributed by atoms with Crippen LogP contribution in [0.3, 0.4) is 0 Å². The maximum Gasteiger partial charge on any atom is 0.289 e. The van der Waals surface area contributed by atoms with Crippen LogP contribution in [0.4, 0.5) is 25.8 Å². The Hall–Kier alpha value is -3.61. The summed E-state index contributed by atoms with van der Waals surface area (Å²) >= 11 is 1.94. The number of nitrogens with one attached hydrogen (secondary N) is 2. The molecule has 4 rings (SSSR count). The molecule has 37 heavy (non-hydrogen) atoms. The van der Waals surface area contributed by atoms with E-state index in [9.17, 15) is 18.8 Å². The van der Waals surface area contributed by atoms with Crippen molar-refractivity contribution in [1.29, 1.82) is 0 Å². The highest BCUT2D eigenvalue weighted by Crippen LogP contribution is 2.33. The van der Waals surface area contributed by atoms with Gasteiger partial charge in [0.05, 0.1) is 28.3 Å². The number of hydrogen-bond donors (Lipinski definition) is 2. The quantitative estimate of drug-likeness (QED) is 0.285.